The molecular weight excluding hydrogens is 781 g/mol. The van der Waals surface area contributed by atoms with E-state index < -0.39 is 0 Å². The molecule has 0 saturated carbocycles. The van der Waals surface area contributed by atoms with Crippen molar-refractivity contribution in [2.75, 3.05) is 0 Å². The lowest BCUT2D eigenvalue weighted by Crippen LogP contribution is -1.88. The van der Waals surface area contributed by atoms with Crippen LogP contribution in [0.3, 0.4) is 0 Å². The third-order valence-corrected chi connectivity index (χ3v) is 9.53. The summed E-state index contributed by atoms with van der Waals surface area (Å²) in [5, 5.41) is 0. The van der Waals surface area contributed by atoms with Gasteiger partial charge in [0.15, 0.2) is 0 Å². The Morgan fingerprint density at radius 3 is 0.831 bits per heavy atom. The second-order valence-electron chi connectivity index (χ2n) is 16.5. The SMILES string of the molecule is C.C.C.C.C.C.C.C.C.C.CC/C=C(\C)CC/C=C(\C)CC/C=C(\C)CCC=C(C)C.CC/C=C(\C)CC/C=C(\C)CCC=C(C)C.CC/C=C(\C)CC/C=C(\C)Cc1cccc(C)c1. The molecule has 1 aromatic rings. The molecule has 0 atom stereocenters. The summed E-state index contributed by atoms with van der Waals surface area (Å²) in [5.41, 5.74) is 16.3. The minimum Gasteiger partial charge on any atom is -0.0859 e. The molecule has 0 aliphatic rings. The summed E-state index contributed by atoms with van der Waals surface area (Å²) in [5.74, 6) is 0. The van der Waals surface area contributed by atoms with E-state index in [1.165, 1.54) is 138 Å². The van der Waals surface area contributed by atoms with Crippen LogP contribution in [-0.2, 0) is 6.42 Å². The number of hydrogen-bond acceptors (Lipinski definition) is 0. The molecule has 0 fully saturated rings. The van der Waals surface area contributed by atoms with Crippen molar-refractivity contribution in [1.29, 1.82) is 0 Å². The zero-order chi connectivity index (χ0) is 41.9. The topological polar surface area (TPSA) is 0 Å². The lowest BCUT2D eigenvalue weighted by molar-refractivity contribution is 0.897. The number of aryl methyl sites for hydroxylation is 1. The number of rotatable bonds is 23. The van der Waals surface area contributed by atoms with Crippen molar-refractivity contribution in [3.8, 4) is 0 Å². The van der Waals surface area contributed by atoms with E-state index in [0.717, 1.165) is 25.7 Å². The van der Waals surface area contributed by atoms with Crippen LogP contribution < -0.4 is 0 Å². The van der Waals surface area contributed by atoms with Crippen LogP contribution in [0.2, 0.25) is 0 Å². The summed E-state index contributed by atoms with van der Waals surface area (Å²) in [6, 6.07) is 8.79. The standard InChI is InChI=1S/C21H36.C18H26.C16H28.10CH4/c1-7-11-19(4)14-9-15-21(6)17-10-16-20(5)13-8-12-18(2)3;1-5-8-15(2)9-6-10-16(3)13-18-12-7-11-17(4)14-18;1-6-9-15(4)12-8-13-16(5)11-7-10-14(2)3;;;;;;;;;;/h11-12,15-16H,7-10,13-14,17H2,1-6H3;7-8,10-12,14H,5-6,9,13H2,1-4H3;9-10,13H,6-8,11-12H2,1-5H3;10*1H4/b19-11+,20-16+,21-15+;15-8+,16-10+;15-9+,16-13+;;;;;;;;;;. The first kappa shape index (κ1) is 92.2. The zero-order valence-corrected chi connectivity index (χ0v) is 39.3. The van der Waals surface area contributed by atoms with Gasteiger partial charge in [0.1, 0.15) is 0 Å². The molecule has 0 saturated heterocycles. The third-order valence-electron chi connectivity index (χ3n) is 9.53. The summed E-state index contributed by atoms with van der Waals surface area (Å²) in [6.45, 7) is 33.1. The van der Waals surface area contributed by atoms with E-state index in [4.69, 9.17) is 0 Å². The first-order valence-corrected chi connectivity index (χ1v) is 22.0. The molecule has 1 rings (SSSR count). The second kappa shape index (κ2) is 63.0. The van der Waals surface area contributed by atoms with Crippen molar-refractivity contribution >= 4 is 0 Å². The van der Waals surface area contributed by atoms with Gasteiger partial charge in [0.05, 0.1) is 0 Å². The highest BCUT2D eigenvalue weighted by Gasteiger charge is 1.97. The molecule has 0 heterocycles. The zero-order valence-electron chi connectivity index (χ0n) is 39.3. The monoisotopic (exact) mass is 911 g/mol. The van der Waals surface area contributed by atoms with E-state index >= 15 is 0 Å². The maximum Gasteiger partial charge on any atom is -0.00698 e. The van der Waals surface area contributed by atoms with Crippen molar-refractivity contribution < 1.29 is 0 Å². The molecule has 390 valence electrons. The second-order valence-corrected chi connectivity index (χ2v) is 16.5. The van der Waals surface area contributed by atoms with E-state index in [1.54, 1.807) is 0 Å². The van der Waals surface area contributed by atoms with Crippen molar-refractivity contribution in [3.63, 3.8) is 0 Å². The van der Waals surface area contributed by atoms with Gasteiger partial charge >= 0.3 is 0 Å². The van der Waals surface area contributed by atoms with Gasteiger partial charge in [-0.2, -0.15) is 0 Å². The molecule has 0 amide bonds. The number of benzene rings is 1. The van der Waals surface area contributed by atoms with Crippen LogP contribution in [0.4, 0.5) is 0 Å². The summed E-state index contributed by atoms with van der Waals surface area (Å²) < 4.78 is 0. The van der Waals surface area contributed by atoms with Crippen LogP contribution in [0, 0.1) is 6.92 Å². The molecule has 0 unspecified atom stereocenters. The van der Waals surface area contributed by atoms with Crippen molar-refractivity contribution in [1.82, 2.24) is 0 Å². The maximum atomic E-state index is 2.42. The summed E-state index contributed by atoms with van der Waals surface area (Å²) in [6.07, 6.45) is 40.1. The number of hydrogen-bond donors (Lipinski definition) is 0. The van der Waals surface area contributed by atoms with Gasteiger partial charge in [-0.3, -0.25) is 0 Å². The lowest BCUT2D eigenvalue weighted by Gasteiger charge is -2.04. The molecule has 0 aliphatic heterocycles. The fourth-order valence-corrected chi connectivity index (χ4v) is 6.24. The Kier molecular flexibility index (Phi) is 89.3. The van der Waals surface area contributed by atoms with Gasteiger partial charge in [-0.1, -0.05) is 230 Å². The normalized spacial score (nSPS) is 11.1. The van der Waals surface area contributed by atoms with E-state index in [9.17, 15) is 0 Å². The Morgan fingerprint density at radius 2 is 0.585 bits per heavy atom. The maximum absolute atomic E-state index is 2.42. The van der Waals surface area contributed by atoms with Crippen LogP contribution in [-0.4, -0.2) is 0 Å². The van der Waals surface area contributed by atoms with E-state index in [0.29, 0.717) is 0 Å². The molecule has 0 nitrogen and oxygen atoms in total. The molecule has 0 radical (unpaired) electrons. The van der Waals surface area contributed by atoms with E-state index in [-0.39, 0.29) is 74.3 Å². The van der Waals surface area contributed by atoms with Crippen LogP contribution in [0.5, 0.6) is 0 Å². The van der Waals surface area contributed by atoms with Gasteiger partial charge in [-0.25, -0.2) is 0 Å². The fraction of sp³-hybridized carbons (Fsp3) is 0.631. The molecular formula is C65H130. The summed E-state index contributed by atoms with van der Waals surface area (Å²) >= 11 is 0. The predicted octanol–water partition coefficient (Wildman–Crippen LogP) is 25.3. The molecule has 0 aromatic heterocycles. The number of allylic oxidation sites excluding steroid dienone is 18. The Hall–Kier alpha value is -3.12. The smallest absolute Gasteiger partial charge is 0.00698 e. The van der Waals surface area contributed by atoms with Crippen LogP contribution in [0.15, 0.2) is 129 Å². The first-order chi connectivity index (χ1) is 26.1. The van der Waals surface area contributed by atoms with Crippen LogP contribution in [0.1, 0.15) is 279 Å². The van der Waals surface area contributed by atoms with E-state index in [2.05, 4.69) is 183 Å². The molecule has 0 bridgehead atoms. The van der Waals surface area contributed by atoms with Crippen molar-refractivity contribution in [2.24, 2.45) is 0 Å². The highest BCUT2D eigenvalue weighted by Crippen LogP contribution is 2.15. The third kappa shape index (κ3) is 67.6. The lowest BCUT2D eigenvalue weighted by atomic mass is 10.0. The van der Waals surface area contributed by atoms with Crippen molar-refractivity contribution in [3.05, 3.63) is 140 Å². The fourth-order valence-electron chi connectivity index (χ4n) is 6.24. The Morgan fingerprint density at radius 1 is 0.338 bits per heavy atom. The van der Waals surface area contributed by atoms with Crippen LogP contribution in [0.25, 0.3) is 0 Å². The summed E-state index contributed by atoms with van der Waals surface area (Å²) in [4.78, 5) is 0. The van der Waals surface area contributed by atoms with Gasteiger partial charge in [-0.05, 0) is 191 Å². The summed E-state index contributed by atoms with van der Waals surface area (Å²) in [7, 11) is 0. The Balaban J connectivity index is -0.0000000606. The highest BCUT2D eigenvalue weighted by atomic mass is 14.0. The first-order valence-electron chi connectivity index (χ1n) is 22.0. The van der Waals surface area contributed by atoms with Gasteiger partial charge in [0, 0.05) is 0 Å². The predicted molar refractivity (Wildman–Crippen MR) is 324 cm³/mol. The molecule has 0 spiro atoms. The molecule has 0 N–H and O–H groups in total. The van der Waals surface area contributed by atoms with E-state index in [1.807, 2.05) is 0 Å². The Bertz CT molecular complexity index is 1410. The minimum atomic E-state index is 0. The average molecular weight is 912 g/mol. The largest absolute Gasteiger partial charge is 0.0859 e. The quantitative estimate of drug-likeness (QED) is 0.0960. The average Bonchev–Trinajstić information content (AvgIpc) is 3.09. The van der Waals surface area contributed by atoms with Gasteiger partial charge in [-0.15, -0.1) is 0 Å². The van der Waals surface area contributed by atoms with Gasteiger partial charge in [0.25, 0.3) is 0 Å². The molecule has 65 heavy (non-hydrogen) atoms. The van der Waals surface area contributed by atoms with Gasteiger partial charge < -0.3 is 0 Å². The Labute approximate surface area is 419 Å². The minimum absolute atomic E-state index is 0. The van der Waals surface area contributed by atoms with Crippen molar-refractivity contribution in [2.45, 2.75) is 281 Å². The molecule has 0 aliphatic carbocycles. The highest BCUT2D eigenvalue weighted by molar-refractivity contribution is 5.26. The molecule has 0 heteroatoms. The van der Waals surface area contributed by atoms with Gasteiger partial charge in [0.2, 0.25) is 0 Å². The van der Waals surface area contributed by atoms with Crippen LogP contribution >= 0.6 is 0 Å². The molecule has 1 aromatic carbocycles.